The van der Waals surface area contributed by atoms with Crippen molar-refractivity contribution >= 4 is 24.8 Å². The molecule has 0 unspecified atom stereocenters. The number of aryl methyl sites for hydroxylation is 1. The zero-order valence-electron chi connectivity index (χ0n) is 15.7. The summed E-state index contributed by atoms with van der Waals surface area (Å²) in [6.45, 7) is 3.77. The number of benzene rings is 1. The van der Waals surface area contributed by atoms with Crippen LogP contribution in [0, 0.1) is 6.92 Å². The molecule has 0 saturated heterocycles. The Kier molecular flexibility index (Phi) is 6.32. The van der Waals surface area contributed by atoms with E-state index < -0.39 is 0 Å². The lowest BCUT2D eigenvalue weighted by Gasteiger charge is -2.19. The molecular formula is C20H20Cl2N6O. The Bertz CT molecular complexity index is 1090. The fourth-order valence-corrected chi connectivity index (χ4v) is 3.50. The first-order valence-electron chi connectivity index (χ1n) is 8.90. The van der Waals surface area contributed by atoms with Crippen molar-refractivity contribution in [2.75, 3.05) is 6.54 Å². The predicted molar refractivity (Wildman–Crippen MR) is 115 cm³/mol. The molecular weight excluding hydrogens is 411 g/mol. The summed E-state index contributed by atoms with van der Waals surface area (Å²) in [5, 5.41) is 7.62. The molecule has 3 aromatic heterocycles. The van der Waals surface area contributed by atoms with E-state index in [0.717, 1.165) is 42.0 Å². The maximum absolute atomic E-state index is 5.56. The first-order chi connectivity index (χ1) is 13.3. The Balaban J connectivity index is 0.00000120. The molecule has 0 fully saturated rings. The van der Waals surface area contributed by atoms with Gasteiger partial charge in [0.1, 0.15) is 0 Å². The number of imidazole rings is 1. The largest absolute Gasteiger partial charge is 0.334 e. The van der Waals surface area contributed by atoms with Crippen LogP contribution in [0.5, 0.6) is 0 Å². The average Bonchev–Trinajstić information content (AvgIpc) is 3.40. The SMILES string of the molecule is Cc1ncc2c(c1-c1noc(-c3ccc(-n4ccnc4)cc3)n1)CCNC2.Cl.Cl. The number of rotatable bonds is 3. The summed E-state index contributed by atoms with van der Waals surface area (Å²) in [5.74, 6) is 1.11. The summed E-state index contributed by atoms with van der Waals surface area (Å²) in [4.78, 5) is 13.2. The summed E-state index contributed by atoms with van der Waals surface area (Å²) in [5.41, 5.74) is 6.31. The van der Waals surface area contributed by atoms with Crippen molar-refractivity contribution in [3.63, 3.8) is 0 Å². The van der Waals surface area contributed by atoms with Crippen LogP contribution < -0.4 is 5.32 Å². The lowest BCUT2D eigenvalue weighted by Crippen LogP contribution is -2.24. The van der Waals surface area contributed by atoms with Gasteiger partial charge in [-0.1, -0.05) is 5.16 Å². The summed E-state index contributed by atoms with van der Waals surface area (Å²) < 4.78 is 7.50. The summed E-state index contributed by atoms with van der Waals surface area (Å²) in [6.07, 6.45) is 8.31. The first kappa shape index (κ1) is 21.0. The van der Waals surface area contributed by atoms with Gasteiger partial charge in [0, 0.05) is 47.6 Å². The molecule has 5 rings (SSSR count). The molecule has 1 aliphatic rings. The molecule has 0 amide bonds. The van der Waals surface area contributed by atoms with Crippen LogP contribution in [0.2, 0.25) is 0 Å². The normalized spacial score (nSPS) is 12.6. The second-order valence-electron chi connectivity index (χ2n) is 6.59. The fourth-order valence-electron chi connectivity index (χ4n) is 3.50. The molecule has 1 aliphatic heterocycles. The smallest absolute Gasteiger partial charge is 0.258 e. The van der Waals surface area contributed by atoms with E-state index in [9.17, 15) is 0 Å². The van der Waals surface area contributed by atoms with Gasteiger partial charge in [-0.05, 0) is 55.3 Å². The zero-order valence-corrected chi connectivity index (χ0v) is 17.3. The van der Waals surface area contributed by atoms with Gasteiger partial charge in [-0.2, -0.15) is 4.98 Å². The minimum Gasteiger partial charge on any atom is -0.334 e. The number of aromatic nitrogens is 5. The number of fused-ring (bicyclic) bond motifs is 1. The predicted octanol–water partition coefficient (Wildman–Crippen LogP) is 3.78. The number of nitrogens with zero attached hydrogens (tertiary/aromatic N) is 5. The molecule has 1 aromatic carbocycles. The van der Waals surface area contributed by atoms with Crippen LogP contribution in [-0.2, 0) is 13.0 Å². The number of hydrogen-bond donors (Lipinski definition) is 1. The molecule has 4 aromatic rings. The monoisotopic (exact) mass is 430 g/mol. The molecule has 0 atom stereocenters. The van der Waals surface area contributed by atoms with Crippen molar-refractivity contribution in [3.8, 4) is 28.5 Å². The highest BCUT2D eigenvalue weighted by molar-refractivity contribution is 5.85. The molecule has 0 spiro atoms. The van der Waals surface area contributed by atoms with Gasteiger partial charge < -0.3 is 14.4 Å². The molecule has 150 valence electrons. The molecule has 0 saturated carbocycles. The Morgan fingerprint density at radius 2 is 1.97 bits per heavy atom. The molecule has 9 heteroatoms. The third-order valence-electron chi connectivity index (χ3n) is 4.90. The summed E-state index contributed by atoms with van der Waals surface area (Å²) in [6, 6.07) is 7.96. The van der Waals surface area contributed by atoms with E-state index in [1.165, 1.54) is 11.1 Å². The number of pyridine rings is 1. The Morgan fingerprint density at radius 1 is 1.14 bits per heavy atom. The molecule has 1 N–H and O–H groups in total. The number of hydrogen-bond acceptors (Lipinski definition) is 6. The molecule has 7 nitrogen and oxygen atoms in total. The van der Waals surface area contributed by atoms with E-state index in [2.05, 4.69) is 25.4 Å². The van der Waals surface area contributed by atoms with Crippen molar-refractivity contribution in [2.45, 2.75) is 19.9 Å². The third-order valence-corrected chi connectivity index (χ3v) is 4.90. The van der Waals surface area contributed by atoms with Gasteiger partial charge in [-0.15, -0.1) is 24.8 Å². The van der Waals surface area contributed by atoms with Crippen LogP contribution in [0.4, 0.5) is 0 Å². The Morgan fingerprint density at radius 3 is 2.72 bits per heavy atom. The highest BCUT2D eigenvalue weighted by Crippen LogP contribution is 2.30. The van der Waals surface area contributed by atoms with Crippen molar-refractivity contribution in [3.05, 3.63) is 66.0 Å². The van der Waals surface area contributed by atoms with E-state index in [1.807, 2.05) is 48.1 Å². The van der Waals surface area contributed by atoms with E-state index in [4.69, 9.17) is 4.52 Å². The lowest BCUT2D eigenvalue weighted by atomic mass is 9.95. The van der Waals surface area contributed by atoms with Gasteiger partial charge >= 0.3 is 0 Å². The van der Waals surface area contributed by atoms with E-state index in [0.29, 0.717) is 11.7 Å². The van der Waals surface area contributed by atoms with Crippen LogP contribution in [0.25, 0.3) is 28.5 Å². The summed E-state index contributed by atoms with van der Waals surface area (Å²) in [7, 11) is 0. The van der Waals surface area contributed by atoms with Gasteiger partial charge in [-0.25, -0.2) is 4.98 Å². The zero-order chi connectivity index (χ0) is 18.2. The van der Waals surface area contributed by atoms with Crippen molar-refractivity contribution in [2.24, 2.45) is 0 Å². The molecule has 0 bridgehead atoms. The first-order valence-corrected chi connectivity index (χ1v) is 8.90. The highest BCUT2D eigenvalue weighted by atomic mass is 35.5. The van der Waals surface area contributed by atoms with E-state index in [1.54, 1.807) is 12.5 Å². The minimum absolute atomic E-state index is 0. The van der Waals surface area contributed by atoms with Crippen molar-refractivity contribution in [1.29, 1.82) is 0 Å². The van der Waals surface area contributed by atoms with Gasteiger partial charge in [0.2, 0.25) is 5.82 Å². The molecule has 4 heterocycles. The Hall–Kier alpha value is -2.74. The summed E-state index contributed by atoms with van der Waals surface area (Å²) >= 11 is 0. The van der Waals surface area contributed by atoms with Crippen molar-refractivity contribution < 1.29 is 4.52 Å². The van der Waals surface area contributed by atoms with Crippen LogP contribution in [0.3, 0.4) is 0 Å². The topological polar surface area (TPSA) is 81.7 Å². The second kappa shape index (κ2) is 8.73. The lowest BCUT2D eigenvalue weighted by molar-refractivity contribution is 0.432. The maximum atomic E-state index is 5.56. The standard InChI is InChI=1S/C20H18N6O.2ClH/c1-13-18(17-6-7-21-10-15(17)11-23-13)19-24-20(27-25-19)14-2-4-16(5-3-14)26-9-8-22-12-26;;/h2-5,8-9,11-12,21H,6-7,10H2,1H3;2*1H. The quantitative estimate of drug-likeness (QED) is 0.532. The highest BCUT2D eigenvalue weighted by Gasteiger charge is 2.21. The third kappa shape index (κ3) is 3.89. The maximum Gasteiger partial charge on any atom is 0.258 e. The van der Waals surface area contributed by atoms with Gasteiger partial charge in [-0.3, -0.25) is 4.98 Å². The molecule has 29 heavy (non-hydrogen) atoms. The van der Waals surface area contributed by atoms with E-state index >= 15 is 0 Å². The molecule has 0 aliphatic carbocycles. The number of halogens is 2. The van der Waals surface area contributed by atoms with Crippen molar-refractivity contribution in [1.82, 2.24) is 30.0 Å². The number of nitrogens with one attached hydrogen (secondary N) is 1. The van der Waals surface area contributed by atoms with Crippen LogP contribution in [0.1, 0.15) is 16.8 Å². The van der Waals surface area contributed by atoms with Gasteiger partial charge in [0.05, 0.1) is 6.33 Å². The second-order valence-corrected chi connectivity index (χ2v) is 6.59. The average molecular weight is 431 g/mol. The fraction of sp³-hybridized carbons (Fsp3) is 0.200. The van der Waals surface area contributed by atoms with E-state index in [-0.39, 0.29) is 24.8 Å². The van der Waals surface area contributed by atoms with Gasteiger partial charge in [0.15, 0.2) is 0 Å². The Labute approximate surface area is 180 Å². The van der Waals surface area contributed by atoms with Crippen LogP contribution in [-0.4, -0.2) is 31.2 Å². The molecule has 0 radical (unpaired) electrons. The van der Waals surface area contributed by atoms with Crippen LogP contribution in [0.15, 0.2) is 53.7 Å². The van der Waals surface area contributed by atoms with Crippen LogP contribution >= 0.6 is 24.8 Å². The van der Waals surface area contributed by atoms with Gasteiger partial charge in [0.25, 0.3) is 5.89 Å². The minimum atomic E-state index is 0.